The summed E-state index contributed by atoms with van der Waals surface area (Å²) < 4.78 is 5.24. The van der Waals surface area contributed by atoms with Gasteiger partial charge < -0.3 is 15.1 Å². The minimum absolute atomic E-state index is 0.0731. The van der Waals surface area contributed by atoms with Crippen LogP contribution in [0.1, 0.15) is 12.7 Å². The molecule has 6 heteroatoms. The Morgan fingerprint density at radius 3 is 2.60 bits per heavy atom. The van der Waals surface area contributed by atoms with Gasteiger partial charge in [-0.05, 0) is 25.1 Å². The van der Waals surface area contributed by atoms with Gasteiger partial charge in [0.15, 0.2) is 0 Å². The topological polar surface area (TPSA) is 80.3 Å². The lowest BCUT2D eigenvalue weighted by Gasteiger charge is -2.09. The molecule has 0 aliphatic heterocycles. The molecule has 0 radical (unpaired) electrons. The van der Waals surface area contributed by atoms with E-state index in [9.17, 15) is 10.1 Å². The third kappa shape index (κ3) is 3.74. The molecule has 0 spiro atoms. The van der Waals surface area contributed by atoms with Crippen LogP contribution in [0.4, 0.5) is 17.1 Å². The molecule has 0 unspecified atom stereocenters. The SMILES string of the molecule is CCNc1cc(NCCc2ccco2)cc([N+](=O)[O-])c1. The molecule has 6 nitrogen and oxygen atoms in total. The van der Waals surface area contributed by atoms with Crippen molar-refractivity contribution in [3.05, 3.63) is 52.5 Å². The number of nitrogens with one attached hydrogen (secondary N) is 2. The summed E-state index contributed by atoms with van der Waals surface area (Å²) in [6, 6.07) is 8.66. The summed E-state index contributed by atoms with van der Waals surface area (Å²) in [4.78, 5) is 10.5. The summed E-state index contributed by atoms with van der Waals surface area (Å²) in [5.74, 6) is 0.884. The van der Waals surface area contributed by atoms with Crippen molar-refractivity contribution in [2.75, 3.05) is 23.7 Å². The third-order valence-corrected chi connectivity index (χ3v) is 2.79. The molecule has 2 rings (SSSR count). The van der Waals surface area contributed by atoms with Gasteiger partial charge in [0.1, 0.15) is 5.76 Å². The lowest BCUT2D eigenvalue weighted by molar-refractivity contribution is -0.384. The van der Waals surface area contributed by atoms with Crippen LogP contribution in [-0.2, 0) is 6.42 Å². The van der Waals surface area contributed by atoms with Gasteiger partial charge in [-0.2, -0.15) is 0 Å². The fourth-order valence-electron chi connectivity index (χ4n) is 1.91. The average molecular weight is 275 g/mol. The zero-order chi connectivity index (χ0) is 14.4. The molecule has 2 N–H and O–H groups in total. The minimum Gasteiger partial charge on any atom is -0.469 e. The van der Waals surface area contributed by atoms with Gasteiger partial charge in [0.25, 0.3) is 5.69 Å². The molecular formula is C14H17N3O3. The molecule has 0 atom stereocenters. The molecule has 1 aromatic heterocycles. The van der Waals surface area contributed by atoms with Crippen LogP contribution in [0.15, 0.2) is 41.0 Å². The number of non-ortho nitro benzene ring substituents is 1. The number of hydrogen-bond acceptors (Lipinski definition) is 5. The fourth-order valence-corrected chi connectivity index (χ4v) is 1.91. The number of nitro groups is 1. The van der Waals surface area contributed by atoms with E-state index in [1.807, 2.05) is 25.1 Å². The van der Waals surface area contributed by atoms with E-state index in [1.54, 1.807) is 6.26 Å². The van der Waals surface area contributed by atoms with Crippen LogP contribution in [0.2, 0.25) is 0 Å². The molecule has 0 saturated heterocycles. The standard InChI is InChI=1S/C14H17N3O3/c1-2-15-11-8-12(10-13(9-11)17(18)19)16-6-5-14-4-3-7-20-14/h3-4,7-10,15-16H,2,5-6H2,1H3. The number of nitrogens with zero attached hydrogens (tertiary/aromatic N) is 1. The zero-order valence-corrected chi connectivity index (χ0v) is 11.3. The Balaban J connectivity index is 2.03. The highest BCUT2D eigenvalue weighted by atomic mass is 16.6. The molecule has 0 aliphatic rings. The van der Waals surface area contributed by atoms with Crippen molar-refractivity contribution in [3.63, 3.8) is 0 Å². The lowest BCUT2D eigenvalue weighted by atomic mass is 10.2. The highest BCUT2D eigenvalue weighted by Crippen LogP contribution is 2.24. The Kier molecular flexibility index (Phi) is 4.60. The number of benzene rings is 1. The van der Waals surface area contributed by atoms with E-state index in [4.69, 9.17) is 4.42 Å². The summed E-state index contributed by atoms with van der Waals surface area (Å²) in [5, 5.41) is 17.2. The number of anilines is 2. The van der Waals surface area contributed by atoms with Gasteiger partial charge in [-0.1, -0.05) is 0 Å². The summed E-state index contributed by atoms with van der Waals surface area (Å²) in [5.41, 5.74) is 1.54. The Labute approximate surface area is 116 Å². The predicted molar refractivity (Wildman–Crippen MR) is 78.2 cm³/mol. The summed E-state index contributed by atoms with van der Waals surface area (Å²) in [7, 11) is 0. The van der Waals surface area contributed by atoms with Crippen LogP contribution in [0.25, 0.3) is 0 Å². The smallest absolute Gasteiger partial charge is 0.273 e. The molecule has 1 aromatic carbocycles. The van der Waals surface area contributed by atoms with Gasteiger partial charge in [-0.25, -0.2) is 0 Å². The molecular weight excluding hydrogens is 258 g/mol. The number of rotatable bonds is 7. The average Bonchev–Trinajstić information content (AvgIpc) is 2.92. The van der Waals surface area contributed by atoms with Crippen molar-refractivity contribution in [2.24, 2.45) is 0 Å². The van der Waals surface area contributed by atoms with Gasteiger partial charge in [0, 0.05) is 43.0 Å². The molecule has 0 saturated carbocycles. The Morgan fingerprint density at radius 2 is 2.00 bits per heavy atom. The van der Waals surface area contributed by atoms with Gasteiger partial charge in [0.2, 0.25) is 0 Å². The van der Waals surface area contributed by atoms with Crippen molar-refractivity contribution in [3.8, 4) is 0 Å². The first kappa shape index (κ1) is 13.9. The third-order valence-electron chi connectivity index (χ3n) is 2.79. The quantitative estimate of drug-likeness (QED) is 0.598. The second-order valence-corrected chi connectivity index (χ2v) is 4.31. The predicted octanol–water partition coefficient (Wildman–Crippen LogP) is 3.27. The van der Waals surface area contributed by atoms with Gasteiger partial charge in [-0.3, -0.25) is 10.1 Å². The van der Waals surface area contributed by atoms with E-state index in [2.05, 4.69) is 10.6 Å². The van der Waals surface area contributed by atoms with E-state index >= 15 is 0 Å². The van der Waals surface area contributed by atoms with Crippen molar-refractivity contribution in [2.45, 2.75) is 13.3 Å². The Bertz CT molecular complexity index is 567. The largest absolute Gasteiger partial charge is 0.469 e. The van der Waals surface area contributed by atoms with E-state index in [1.165, 1.54) is 12.1 Å². The zero-order valence-electron chi connectivity index (χ0n) is 11.3. The molecule has 0 bridgehead atoms. The minimum atomic E-state index is -0.390. The molecule has 0 aliphatic carbocycles. The van der Waals surface area contributed by atoms with Crippen molar-refractivity contribution in [1.82, 2.24) is 0 Å². The second-order valence-electron chi connectivity index (χ2n) is 4.31. The Hall–Kier alpha value is -2.50. The van der Waals surface area contributed by atoms with Crippen LogP contribution < -0.4 is 10.6 Å². The summed E-state index contributed by atoms with van der Waals surface area (Å²) in [6.07, 6.45) is 2.36. The highest BCUT2D eigenvalue weighted by molar-refractivity contribution is 5.63. The van der Waals surface area contributed by atoms with Crippen molar-refractivity contribution < 1.29 is 9.34 Å². The molecule has 0 amide bonds. The van der Waals surface area contributed by atoms with Crippen LogP contribution >= 0.6 is 0 Å². The fraction of sp³-hybridized carbons (Fsp3) is 0.286. The first-order valence-corrected chi connectivity index (χ1v) is 6.48. The number of hydrogen-bond donors (Lipinski definition) is 2. The maximum Gasteiger partial charge on any atom is 0.273 e. The van der Waals surface area contributed by atoms with Crippen LogP contribution in [0.5, 0.6) is 0 Å². The maximum atomic E-state index is 10.9. The maximum absolute atomic E-state index is 10.9. The van der Waals surface area contributed by atoms with Crippen molar-refractivity contribution >= 4 is 17.1 Å². The number of furan rings is 1. The first-order valence-electron chi connectivity index (χ1n) is 6.48. The molecule has 0 fully saturated rings. The summed E-state index contributed by atoms with van der Waals surface area (Å²) >= 11 is 0. The van der Waals surface area contributed by atoms with E-state index < -0.39 is 4.92 Å². The summed E-state index contributed by atoms with van der Waals surface area (Å²) in [6.45, 7) is 3.32. The van der Waals surface area contributed by atoms with Crippen LogP contribution in [0.3, 0.4) is 0 Å². The van der Waals surface area contributed by atoms with Gasteiger partial charge in [-0.15, -0.1) is 0 Å². The second kappa shape index (κ2) is 6.60. The normalized spacial score (nSPS) is 10.2. The Morgan fingerprint density at radius 1 is 1.25 bits per heavy atom. The number of nitro benzene ring substituents is 1. The van der Waals surface area contributed by atoms with E-state index in [0.29, 0.717) is 13.1 Å². The van der Waals surface area contributed by atoms with Gasteiger partial charge >= 0.3 is 0 Å². The molecule has 106 valence electrons. The molecule has 20 heavy (non-hydrogen) atoms. The first-order chi connectivity index (χ1) is 9.69. The molecule has 1 heterocycles. The van der Waals surface area contributed by atoms with E-state index in [0.717, 1.165) is 23.6 Å². The van der Waals surface area contributed by atoms with Gasteiger partial charge in [0.05, 0.1) is 11.2 Å². The van der Waals surface area contributed by atoms with E-state index in [-0.39, 0.29) is 5.69 Å². The van der Waals surface area contributed by atoms with Crippen LogP contribution in [-0.4, -0.2) is 18.0 Å². The van der Waals surface area contributed by atoms with Crippen LogP contribution in [0, 0.1) is 10.1 Å². The highest BCUT2D eigenvalue weighted by Gasteiger charge is 2.09. The van der Waals surface area contributed by atoms with Crippen molar-refractivity contribution in [1.29, 1.82) is 0 Å². The molecule has 2 aromatic rings. The lowest BCUT2D eigenvalue weighted by Crippen LogP contribution is -2.06. The monoisotopic (exact) mass is 275 g/mol.